The molecule has 0 unspecified atom stereocenters. The van der Waals surface area contributed by atoms with Gasteiger partial charge >= 0.3 is 0 Å². The number of hydrogen-bond donors (Lipinski definition) is 1. The van der Waals surface area contributed by atoms with E-state index in [9.17, 15) is 9.59 Å². The van der Waals surface area contributed by atoms with Gasteiger partial charge in [0.1, 0.15) is 11.7 Å². The van der Waals surface area contributed by atoms with Gasteiger partial charge in [0.05, 0.1) is 9.88 Å². The van der Waals surface area contributed by atoms with E-state index < -0.39 is 11.9 Å². The van der Waals surface area contributed by atoms with Gasteiger partial charge < -0.3 is 10.6 Å². The van der Waals surface area contributed by atoms with Gasteiger partial charge in [-0.1, -0.05) is 30.3 Å². The van der Waals surface area contributed by atoms with Crippen LogP contribution in [0.3, 0.4) is 0 Å². The Bertz CT molecular complexity index is 786. The molecule has 0 radical (unpaired) electrons. The Morgan fingerprint density at radius 2 is 2.04 bits per heavy atom. The monoisotopic (exact) mass is 327 g/mol. The first-order chi connectivity index (χ1) is 11.1. The number of fused-ring (bicyclic) bond motifs is 1. The number of piperidine rings is 1. The van der Waals surface area contributed by atoms with Crippen molar-refractivity contribution in [3.8, 4) is 10.4 Å². The van der Waals surface area contributed by atoms with Crippen molar-refractivity contribution < 1.29 is 9.59 Å². The molecular weight excluding hydrogens is 310 g/mol. The lowest BCUT2D eigenvalue weighted by Gasteiger charge is -2.24. The maximum absolute atomic E-state index is 13.0. The van der Waals surface area contributed by atoms with Crippen molar-refractivity contribution in [2.24, 2.45) is 17.6 Å². The number of benzene rings is 1. The lowest BCUT2D eigenvalue weighted by Crippen LogP contribution is -2.46. The van der Waals surface area contributed by atoms with Gasteiger partial charge in [-0.2, -0.15) is 0 Å². The molecule has 6 heteroatoms. The first kappa shape index (κ1) is 14.4. The molecule has 118 valence electrons. The molecule has 2 N–H and O–H groups in total. The lowest BCUT2D eigenvalue weighted by atomic mass is 10.1. The average Bonchev–Trinajstić information content (AvgIpc) is 3.02. The normalized spacial score (nSPS) is 25.3. The second-order valence-corrected chi connectivity index (χ2v) is 7.44. The molecular formula is C17H17N3O2S. The number of nitrogens with two attached hydrogens (primary N) is 1. The predicted octanol–water partition coefficient (Wildman–Crippen LogP) is 2.06. The average molecular weight is 327 g/mol. The zero-order chi connectivity index (χ0) is 16.1. The van der Waals surface area contributed by atoms with E-state index in [0.29, 0.717) is 18.2 Å². The van der Waals surface area contributed by atoms with E-state index in [1.807, 2.05) is 37.3 Å². The molecule has 5 nitrogen and oxygen atoms in total. The first-order valence-electron chi connectivity index (χ1n) is 7.69. The van der Waals surface area contributed by atoms with Crippen LogP contribution in [-0.4, -0.2) is 34.3 Å². The van der Waals surface area contributed by atoms with Crippen LogP contribution in [0.1, 0.15) is 21.9 Å². The van der Waals surface area contributed by atoms with Crippen molar-refractivity contribution >= 4 is 23.2 Å². The fraction of sp³-hybridized carbons (Fsp3) is 0.353. The van der Waals surface area contributed by atoms with Crippen LogP contribution in [0.4, 0.5) is 0 Å². The van der Waals surface area contributed by atoms with Crippen LogP contribution >= 0.6 is 11.3 Å². The van der Waals surface area contributed by atoms with Crippen LogP contribution in [0.15, 0.2) is 30.3 Å². The molecule has 2 heterocycles. The molecule has 2 aromatic rings. The highest BCUT2D eigenvalue weighted by atomic mass is 32.1. The number of likely N-dealkylation sites (tertiary alicyclic amines) is 1. The summed E-state index contributed by atoms with van der Waals surface area (Å²) in [7, 11) is 0. The fourth-order valence-electron chi connectivity index (χ4n) is 3.53. The van der Waals surface area contributed by atoms with E-state index in [2.05, 4.69) is 4.98 Å². The second kappa shape index (κ2) is 5.16. The Hall–Kier alpha value is -2.21. The van der Waals surface area contributed by atoms with Crippen molar-refractivity contribution in [2.45, 2.75) is 19.4 Å². The number of aryl methyl sites for hydroxylation is 1. The fourth-order valence-corrected chi connectivity index (χ4v) is 4.45. The van der Waals surface area contributed by atoms with Crippen LogP contribution in [0.5, 0.6) is 0 Å². The Kier molecular flexibility index (Phi) is 3.23. The number of aromatic nitrogens is 1. The lowest BCUT2D eigenvalue weighted by molar-refractivity contribution is -0.122. The van der Waals surface area contributed by atoms with Gasteiger partial charge in [-0.25, -0.2) is 4.98 Å². The Labute approximate surface area is 138 Å². The number of nitrogens with zero attached hydrogens (tertiary/aromatic N) is 2. The molecule has 0 bridgehead atoms. The number of rotatable bonds is 3. The third-order valence-corrected chi connectivity index (χ3v) is 5.69. The Morgan fingerprint density at radius 1 is 1.30 bits per heavy atom. The Morgan fingerprint density at radius 3 is 2.74 bits per heavy atom. The van der Waals surface area contributed by atoms with Crippen molar-refractivity contribution in [1.82, 2.24) is 9.88 Å². The van der Waals surface area contributed by atoms with Crippen LogP contribution < -0.4 is 5.73 Å². The third kappa shape index (κ3) is 2.34. The molecule has 1 aromatic heterocycles. The van der Waals surface area contributed by atoms with Gasteiger partial charge in [0.15, 0.2) is 0 Å². The van der Waals surface area contributed by atoms with Crippen LogP contribution in [0, 0.1) is 18.8 Å². The molecule has 23 heavy (non-hydrogen) atoms. The van der Waals surface area contributed by atoms with Gasteiger partial charge in [-0.3, -0.25) is 9.59 Å². The molecule has 1 saturated carbocycles. The van der Waals surface area contributed by atoms with Gasteiger partial charge in [-0.15, -0.1) is 11.3 Å². The molecule has 2 amide bonds. The summed E-state index contributed by atoms with van der Waals surface area (Å²) in [6.07, 6.45) is 0.999. The minimum absolute atomic E-state index is 0.177. The van der Waals surface area contributed by atoms with Gasteiger partial charge in [0.25, 0.3) is 5.91 Å². The van der Waals surface area contributed by atoms with Crippen LogP contribution in [-0.2, 0) is 4.79 Å². The van der Waals surface area contributed by atoms with Crippen molar-refractivity contribution in [3.05, 3.63) is 41.0 Å². The molecule has 1 aliphatic heterocycles. The molecule has 0 spiro atoms. The standard InChI is InChI=1S/C17H17N3O2S/c1-9-19-13(15(23-9)10-5-3-2-4-6-10)17(22)20-8-11-7-12(11)14(20)16(18)21/h2-6,11-12,14H,7-8H2,1H3,(H2,18,21)/t11-,12-,14-/m0/s1. The van der Waals surface area contributed by atoms with Crippen LogP contribution in [0.2, 0.25) is 0 Å². The number of primary amides is 1. The van der Waals surface area contributed by atoms with Crippen LogP contribution in [0.25, 0.3) is 10.4 Å². The van der Waals surface area contributed by atoms with E-state index in [1.54, 1.807) is 4.90 Å². The SMILES string of the molecule is Cc1nc(C(=O)N2C[C@@H]3C[C@@H]3[C@H]2C(N)=O)c(-c2ccccc2)s1. The topological polar surface area (TPSA) is 76.3 Å². The summed E-state index contributed by atoms with van der Waals surface area (Å²) in [5.41, 5.74) is 6.93. The summed E-state index contributed by atoms with van der Waals surface area (Å²) in [6, 6.07) is 9.29. The quantitative estimate of drug-likeness (QED) is 0.937. The smallest absolute Gasteiger partial charge is 0.274 e. The van der Waals surface area contributed by atoms with E-state index >= 15 is 0 Å². The number of carbonyl (C=O) groups excluding carboxylic acids is 2. The maximum atomic E-state index is 13.0. The molecule has 4 rings (SSSR count). The van der Waals surface area contributed by atoms with E-state index in [4.69, 9.17) is 5.73 Å². The number of thiazole rings is 1. The highest BCUT2D eigenvalue weighted by Crippen LogP contribution is 2.50. The van der Waals surface area contributed by atoms with E-state index in [-0.39, 0.29) is 11.8 Å². The van der Waals surface area contributed by atoms with E-state index in [0.717, 1.165) is 21.9 Å². The maximum Gasteiger partial charge on any atom is 0.274 e. The second-order valence-electron chi connectivity index (χ2n) is 6.24. The molecule has 1 aromatic carbocycles. The van der Waals surface area contributed by atoms with Gasteiger partial charge in [-0.05, 0) is 30.7 Å². The summed E-state index contributed by atoms with van der Waals surface area (Å²) in [6.45, 7) is 2.50. The minimum Gasteiger partial charge on any atom is -0.368 e. The van der Waals surface area contributed by atoms with Gasteiger partial charge in [0.2, 0.25) is 5.91 Å². The molecule has 1 saturated heterocycles. The van der Waals surface area contributed by atoms with Crippen molar-refractivity contribution in [2.75, 3.05) is 6.54 Å². The molecule has 2 aliphatic rings. The zero-order valence-corrected chi connectivity index (χ0v) is 13.5. The summed E-state index contributed by atoms with van der Waals surface area (Å²) in [4.78, 5) is 31.7. The number of carbonyl (C=O) groups is 2. The number of hydrogen-bond acceptors (Lipinski definition) is 4. The number of amides is 2. The van der Waals surface area contributed by atoms with Crippen molar-refractivity contribution in [3.63, 3.8) is 0 Å². The Balaban J connectivity index is 1.71. The summed E-state index contributed by atoms with van der Waals surface area (Å²) in [5.74, 6) is 0.0912. The highest BCUT2D eigenvalue weighted by molar-refractivity contribution is 7.15. The molecule has 2 fully saturated rings. The first-order valence-corrected chi connectivity index (χ1v) is 8.51. The largest absolute Gasteiger partial charge is 0.368 e. The van der Waals surface area contributed by atoms with E-state index in [1.165, 1.54) is 11.3 Å². The molecule has 3 atom stereocenters. The summed E-state index contributed by atoms with van der Waals surface area (Å²) in [5, 5.41) is 0.840. The summed E-state index contributed by atoms with van der Waals surface area (Å²) < 4.78 is 0. The molecule has 1 aliphatic carbocycles. The predicted molar refractivity (Wildman–Crippen MR) is 87.9 cm³/mol. The third-order valence-electron chi connectivity index (χ3n) is 4.67. The zero-order valence-electron chi connectivity index (χ0n) is 12.7. The minimum atomic E-state index is -0.474. The van der Waals surface area contributed by atoms with Gasteiger partial charge in [0, 0.05) is 6.54 Å². The summed E-state index contributed by atoms with van der Waals surface area (Å²) >= 11 is 1.50. The highest BCUT2D eigenvalue weighted by Gasteiger charge is 2.56. The van der Waals surface area contributed by atoms with Crippen molar-refractivity contribution in [1.29, 1.82) is 0 Å².